The monoisotopic (exact) mass is 288 g/mol. The first-order chi connectivity index (χ1) is 9.74. The zero-order chi connectivity index (χ0) is 14.4. The van der Waals surface area contributed by atoms with Crippen LogP contribution in [-0.4, -0.2) is 18.8 Å². The average Bonchev–Trinajstić information content (AvgIpc) is 2.88. The lowest BCUT2D eigenvalue weighted by Gasteiger charge is -2.07. The molecule has 2 rings (SSSR count). The van der Waals surface area contributed by atoms with Crippen molar-refractivity contribution in [3.05, 3.63) is 47.4 Å². The van der Waals surface area contributed by atoms with Gasteiger partial charge in [0.2, 0.25) is 0 Å². The highest BCUT2D eigenvalue weighted by Gasteiger charge is 2.07. The van der Waals surface area contributed by atoms with Crippen molar-refractivity contribution in [2.75, 3.05) is 13.7 Å². The Morgan fingerprint density at radius 1 is 1.35 bits per heavy atom. The Morgan fingerprint density at radius 3 is 2.85 bits per heavy atom. The minimum absolute atomic E-state index is 0.139. The summed E-state index contributed by atoms with van der Waals surface area (Å²) in [6, 6.07) is 7.72. The second-order valence-electron chi connectivity index (χ2n) is 4.11. The predicted molar refractivity (Wildman–Crippen MR) is 80.0 cm³/mol. The van der Waals surface area contributed by atoms with E-state index in [1.807, 2.05) is 31.2 Å². The average molecular weight is 288 g/mol. The van der Waals surface area contributed by atoms with Gasteiger partial charge in [-0.3, -0.25) is 0 Å². The van der Waals surface area contributed by atoms with Gasteiger partial charge in [0.15, 0.2) is 0 Å². The van der Waals surface area contributed by atoms with Crippen molar-refractivity contribution in [1.82, 2.24) is 0 Å². The predicted octanol–water partition coefficient (Wildman–Crippen LogP) is 3.23. The third-order valence-corrected chi connectivity index (χ3v) is 4.00. The Bertz CT molecular complexity index is 635. The highest BCUT2D eigenvalue weighted by molar-refractivity contribution is 7.98. The molecule has 0 aliphatic carbocycles. The van der Waals surface area contributed by atoms with Crippen molar-refractivity contribution < 1.29 is 14.3 Å². The van der Waals surface area contributed by atoms with Crippen molar-refractivity contribution in [2.45, 2.75) is 17.6 Å². The minimum Gasteiger partial charge on any atom is -0.497 e. The topological polar surface area (TPSA) is 42.6 Å². The number of hydrogen-bond donors (Lipinski definition) is 1. The molecule has 0 radical (unpaired) electrons. The molecule has 1 aromatic heterocycles. The molecule has 0 fully saturated rings. The van der Waals surface area contributed by atoms with Crippen LogP contribution in [0.15, 0.2) is 39.8 Å². The number of aryl methyl sites for hydroxylation is 1. The first kappa shape index (κ1) is 14.6. The molecule has 2 aromatic rings. The summed E-state index contributed by atoms with van der Waals surface area (Å²) in [5, 5.41) is 8.82. The largest absolute Gasteiger partial charge is 0.497 e. The third-order valence-electron chi connectivity index (χ3n) is 2.81. The van der Waals surface area contributed by atoms with E-state index >= 15 is 0 Å². The summed E-state index contributed by atoms with van der Waals surface area (Å²) in [5.74, 6) is 8.14. The molecule has 4 heteroatoms. The Labute approximate surface area is 123 Å². The fraction of sp³-hybridized carbons (Fsp3) is 0.250. The van der Waals surface area contributed by atoms with E-state index in [0.717, 1.165) is 33.3 Å². The SMILES string of the molecule is COc1ccc(C#CCO)c(CSc2ccoc2C)c1. The van der Waals surface area contributed by atoms with Gasteiger partial charge in [0.05, 0.1) is 13.4 Å². The molecule has 104 valence electrons. The quantitative estimate of drug-likeness (QED) is 0.693. The van der Waals surface area contributed by atoms with Crippen molar-refractivity contribution in [1.29, 1.82) is 0 Å². The number of aliphatic hydroxyl groups is 1. The van der Waals surface area contributed by atoms with E-state index in [1.54, 1.807) is 25.1 Å². The lowest BCUT2D eigenvalue weighted by Crippen LogP contribution is -1.91. The van der Waals surface area contributed by atoms with Gasteiger partial charge in [0.1, 0.15) is 18.1 Å². The van der Waals surface area contributed by atoms with E-state index in [9.17, 15) is 0 Å². The fourth-order valence-corrected chi connectivity index (χ4v) is 2.70. The highest BCUT2D eigenvalue weighted by atomic mass is 32.2. The van der Waals surface area contributed by atoms with Crippen LogP contribution in [0, 0.1) is 18.8 Å². The van der Waals surface area contributed by atoms with Crippen molar-refractivity contribution in [3.63, 3.8) is 0 Å². The molecule has 0 bridgehead atoms. The molecule has 0 unspecified atom stereocenters. The lowest BCUT2D eigenvalue weighted by atomic mass is 10.1. The zero-order valence-electron chi connectivity index (χ0n) is 11.5. The summed E-state index contributed by atoms with van der Waals surface area (Å²) in [6.45, 7) is 1.81. The zero-order valence-corrected chi connectivity index (χ0v) is 12.3. The number of thioether (sulfide) groups is 1. The first-order valence-electron chi connectivity index (χ1n) is 6.18. The van der Waals surface area contributed by atoms with E-state index in [2.05, 4.69) is 11.8 Å². The van der Waals surface area contributed by atoms with Crippen LogP contribution in [0.3, 0.4) is 0 Å². The van der Waals surface area contributed by atoms with Gasteiger partial charge in [-0.15, -0.1) is 11.8 Å². The van der Waals surface area contributed by atoms with Crippen LogP contribution in [-0.2, 0) is 5.75 Å². The normalized spacial score (nSPS) is 9.95. The Morgan fingerprint density at radius 2 is 2.20 bits per heavy atom. The molecule has 1 aromatic carbocycles. The van der Waals surface area contributed by atoms with E-state index in [0.29, 0.717) is 0 Å². The minimum atomic E-state index is -0.139. The summed E-state index contributed by atoms with van der Waals surface area (Å²) in [7, 11) is 1.64. The molecule has 1 N–H and O–H groups in total. The van der Waals surface area contributed by atoms with Gasteiger partial charge in [0, 0.05) is 16.2 Å². The highest BCUT2D eigenvalue weighted by Crippen LogP contribution is 2.29. The van der Waals surface area contributed by atoms with Gasteiger partial charge in [-0.2, -0.15) is 0 Å². The first-order valence-corrected chi connectivity index (χ1v) is 7.16. The van der Waals surface area contributed by atoms with E-state index in [4.69, 9.17) is 14.3 Å². The fourth-order valence-electron chi connectivity index (χ4n) is 1.75. The second-order valence-corrected chi connectivity index (χ2v) is 5.13. The van der Waals surface area contributed by atoms with Gasteiger partial charge in [-0.05, 0) is 36.8 Å². The van der Waals surface area contributed by atoms with Crippen molar-refractivity contribution in [3.8, 4) is 17.6 Å². The molecule has 0 atom stereocenters. The molecule has 0 spiro atoms. The molecular formula is C16H16O3S. The van der Waals surface area contributed by atoms with E-state index in [-0.39, 0.29) is 6.61 Å². The van der Waals surface area contributed by atoms with Crippen LogP contribution < -0.4 is 4.74 Å². The van der Waals surface area contributed by atoms with Gasteiger partial charge in [-0.1, -0.05) is 11.8 Å². The number of benzene rings is 1. The maximum absolute atomic E-state index is 8.82. The molecule has 0 saturated carbocycles. The van der Waals surface area contributed by atoms with Crippen LogP contribution in [0.4, 0.5) is 0 Å². The molecule has 3 nitrogen and oxygen atoms in total. The Kier molecular flexibility index (Phi) is 5.16. The molecular weight excluding hydrogens is 272 g/mol. The molecule has 0 amide bonds. The molecule has 1 heterocycles. The smallest absolute Gasteiger partial charge is 0.119 e. The summed E-state index contributed by atoms with van der Waals surface area (Å²) in [6.07, 6.45) is 1.69. The van der Waals surface area contributed by atoms with E-state index in [1.165, 1.54) is 0 Å². The second kappa shape index (κ2) is 7.09. The van der Waals surface area contributed by atoms with Gasteiger partial charge in [-0.25, -0.2) is 0 Å². The van der Waals surface area contributed by atoms with E-state index < -0.39 is 0 Å². The molecule has 0 aliphatic rings. The van der Waals surface area contributed by atoms with Crippen LogP contribution in [0.2, 0.25) is 0 Å². The summed E-state index contributed by atoms with van der Waals surface area (Å²) in [5.41, 5.74) is 1.99. The molecule has 0 aliphatic heterocycles. The third kappa shape index (κ3) is 3.60. The number of hydrogen-bond acceptors (Lipinski definition) is 4. The van der Waals surface area contributed by atoms with Crippen molar-refractivity contribution >= 4 is 11.8 Å². The van der Waals surface area contributed by atoms with Crippen LogP contribution in [0.5, 0.6) is 5.75 Å². The van der Waals surface area contributed by atoms with Gasteiger partial charge < -0.3 is 14.3 Å². The number of furan rings is 1. The molecule has 0 saturated heterocycles. The Hall–Kier alpha value is -1.83. The summed E-state index contributed by atoms with van der Waals surface area (Å²) >= 11 is 1.69. The van der Waals surface area contributed by atoms with Crippen LogP contribution in [0.1, 0.15) is 16.9 Å². The lowest BCUT2D eigenvalue weighted by molar-refractivity contribution is 0.350. The number of ether oxygens (including phenoxy) is 1. The standard InChI is InChI=1S/C16H16O3S/c1-12-16(7-9-19-12)20-11-14-10-15(18-2)6-5-13(14)4-3-8-17/h5-7,9-10,17H,8,11H2,1-2H3. The number of methoxy groups -OCH3 is 1. The number of aliphatic hydroxyl groups excluding tert-OH is 1. The van der Waals surface area contributed by atoms with Gasteiger partial charge >= 0.3 is 0 Å². The molecule has 20 heavy (non-hydrogen) atoms. The van der Waals surface area contributed by atoms with Crippen LogP contribution in [0.25, 0.3) is 0 Å². The maximum atomic E-state index is 8.82. The summed E-state index contributed by atoms with van der Waals surface area (Å²) < 4.78 is 10.5. The van der Waals surface area contributed by atoms with Crippen LogP contribution >= 0.6 is 11.8 Å². The Balaban J connectivity index is 2.21. The maximum Gasteiger partial charge on any atom is 0.119 e. The number of rotatable bonds is 4. The van der Waals surface area contributed by atoms with Gasteiger partial charge in [0.25, 0.3) is 0 Å². The summed E-state index contributed by atoms with van der Waals surface area (Å²) in [4.78, 5) is 1.12. The van der Waals surface area contributed by atoms with Crippen molar-refractivity contribution in [2.24, 2.45) is 0 Å².